The molecular formula is C21H24FN3O2. The number of carbonyl (C=O) groups excluding carboxylic acids is 2. The summed E-state index contributed by atoms with van der Waals surface area (Å²) in [6, 6.07) is 13.5. The number of benzene rings is 2. The monoisotopic (exact) mass is 369 g/mol. The van der Waals surface area contributed by atoms with E-state index in [4.69, 9.17) is 0 Å². The first-order chi connectivity index (χ1) is 12.9. The minimum atomic E-state index is -0.286. The van der Waals surface area contributed by atoms with Crippen LogP contribution in [-0.4, -0.2) is 29.9 Å². The molecule has 0 aromatic heterocycles. The van der Waals surface area contributed by atoms with Crippen LogP contribution in [-0.2, 0) is 11.3 Å². The van der Waals surface area contributed by atoms with E-state index in [2.05, 4.69) is 5.32 Å². The fraction of sp³-hybridized carbons (Fsp3) is 0.333. The molecule has 2 aromatic carbocycles. The molecule has 3 amide bonds. The van der Waals surface area contributed by atoms with Gasteiger partial charge < -0.3 is 10.2 Å². The topological polar surface area (TPSA) is 52.7 Å². The zero-order chi connectivity index (χ0) is 19.4. The van der Waals surface area contributed by atoms with Gasteiger partial charge in [-0.1, -0.05) is 32.0 Å². The second kappa shape index (κ2) is 8.20. The molecule has 0 bridgehead atoms. The maximum Gasteiger partial charge on any atom is 0.324 e. The molecule has 1 saturated heterocycles. The average Bonchev–Trinajstić information content (AvgIpc) is 2.65. The molecule has 0 aliphatic carbocycles. The molecule has 1 aliphatic rings. The quantitative estimate of drug-likeness (QED) is 0.856. The minimum Gasteiger partial charge on any atom is -0.326 e. The summed E-state index contributed by atoms with van der Waals surface area (Å²) in [5.74, 6) is -0.461. The first kappa shape index (κ1) is 18.9. The van der Waals surface area contributed by atoms with Crippen LogP contribution in [0.4, 0.5) is 20.6 Å². The van der Waals surface area contributed by atoms with Gasteiger partial charge in [-0.15, -0.1) is 0 Å². The summed E-state index contributed by atoms with van der Waals surface area (Å²) in [4.78, 5) is 28.3. The van der Waals surface area contributed by atoms with Crippen molar-refractivity contribution >= 4 is 23.3 Å². The SMILES string of the molecule is CC(C)C(=O)Nc1cccc(N2CCCN(Cc3ccc(F)cc3)C2=O)c1. The number of hydrogen-bond acceptors (Lipinski definition) is 2. The third kappa shape index (κ3) is 4.64. The largest absolute Gasteiger partial charge is 0.326 e. The lowest BCUT2D eigenvalue weighted by Gasteiger charge is -2.36. The summed E-state index contributed by atoms with van der Waals surface area (Å²) in [5.41, 5.74) is 2.32. The number of nitrogens with one attached hydrogen (secondary N) is 1. The lowest BCUT2D eigenvalue weighted by Crippen LogP contribution is -2.49. The molecule has 1 N–H and O–H groups in total. The highest BCUT2D eigenvalue weighted by molar-refractivity contribution is 5.95. The van der Waals surface area contributed by atoms with Gasteiger partial charge in [-0.3, -0.25) is 9.69 Å². The maximum atomic E-state index is 13.1. The van der Waals surface area contributed by atoms with Crippen LogP contribution >= 0.6 is 0 Å². The molecule has 2 aromatic rings. The zero-order valence-electron chi connectivity index (χ0n) is 15.6. The number of urea groups is 1. The number of halogens is 1. The fourth-order valence-electron chi connectivity index (χ4n) is 3.02. The summed E-state index contributed by atoms with van der Waals surface area (Å²) in [6.45, 7) is 5.40. The van der Waals surface area contributed by atoms with Crippen LogP contribution < -0.4 is 10.2 Å². The Morgan fingerprint density at radius 1 is 1.15 bits per heavy atom. The second-order valence-electron chi connectivity index (χ2n) is 7.03. The molecule has 0 atom stereocenters. The zero-order valence-corrected chi connectivity index (χ0v) is 15.6. The molecule has 1 aliphatic heterocycles. The Kier molecular flexibility index (Phi) is 5.74. The highest BCUT2D eigenvalue weighted by Gasteiger charge is 2.27. The van der Waals surface area contributed by atoms with E-state index < -0.39 is 0 Å². The first-order valence-electron chi connectivity index (χ1n) is 9.16. The molecule has 1 fully saturated rings. The van der Waals surface area contributed by atoms with Gasteiger partial charge in [0, 0.05) is 36.9 Å². The molecule has 0 unspecified atom stereocenters. The summed E-state index contributed by atoms with van der Waals surface area (Å²) in [6.07, 6.45) is 0.843. The van der Waals surface area contributed by atoms with E-state index in [9.17, 15) is 14.0 Å². The molecule has 5 nitrogen and oxygen atoms in total. The standard InChI is InChI=1S/C21H24FN3O2/c1-15(2)20(26)23-18-5-3-6-19(13-18)25-12-4-11-24(21(25)27)14-16-7-9-17(22)10-8-16/h3,5-10,13,15H,4,11-12,14H2,1-2H3,(H,23,26). The number of anilines is 2. The summed E-state index contributed by atoms with van der Waals surface area (Å²) in [7, 11) is 0. The first-order valence-corrected chi connectivity index (χ1v) is 9.16. The van der Waals surface area contributed by atoms with Gasteiger partial charge in [0.25, 0.3) is 0 Å². The van der Waals surface area contributed by atoms with E-state index in [-0.39, 0.29) is 23.7 Å². The predicted molar refractivity (Wildman–Crippen MR) is 104 cm³/mol. The molecule has 1 heterocycles. The van der Waals surface area contributed by atoms with Crippen LogP contribution in [0.3, 0.4) is 0 Å². The van der Waals surface area contributed by atoms with Crippen LogP contribution in [0.2, 0.25) is 0 Å². The number of amides is 3. The van der Waals surface area contributed by atoms with Crippen LogP contribution in [0.1, 0.15) is 25.8 Å². The Balaban J connectivity index is 1.73. The van der Waals surface area contributed by atoms with Crippen molar-refractivity contribution in [2.24, 2.45) is 5.92 Å². The van der Waals surface area contributed by atoms with Crippen molar-refractivity contribution in [1.82, 2.24) is 4.90 Å². The number of carbonyl (C=O) groups is 2. The maximum absolute atomic E-state index is 13.1. The predicted octanol–water partition coefficient (Wildman–Crippen LogP) is 4.25. The molecular weight excluding hydrogens is 345 g/mol. The molecule has 0 spiro atoms. The lowest BCUT2D eigenvalue weighted by atomic mass is 10.1. The van der Waals surface area contributed by atoms with E-state index in [0.717, 1.165) is 17.7 Å². The van der Waals surface area contributed by atoms with Crippen molar-refractivity contribution in [3.8, 4) is 0 Å². The Bertz CT molecular complexity index is 820. The smallest absolute Gasteiger partial charge is 0.324 e. The van der Waals surface area contributed by atoms with Crippen LogP contribution in [0, 0.1) is 11.7 Å². The van der Waals surface area contributed by atoms with Crippen molar-refractivity contribution in [2.75, 3.05) is 23.3 Å². The van der Waals surface area contributed by atoms with Gasteiger partial charge in [0.05, 0.1) is 0 Å². The molecule has 3 rings (SSSR count). The highest BCUT2D eigenvalue weighted by Crippen LogP contribution is 2.24. The van der Waals surface area contributed by atoms with Crippen LogP contribution in [0.15, 0.2) is 48.5 Å². The third-order valence-electron chi connectivity index (χ3n) is 4.55. The van der Waals surface area contributed by atoms with Gasteiger partial charge in [-0.05, 0) is 42.3 Å². The number of nitrogens with zero attached hydrogens (tertiary/aromatic N) is 2. The van der Waals surface area contributed by atoms with Gasteiger partial charge in [0.15, 0.2) is 0 Å². The van der Waals surface area contributed by atoms with Crippen molar-refractivity contribution in [3.63, 3.8) is 0 Å². The fourth-order valence-corrected chi connectivity index (χ4v) is 3.02. The Labute approximate surface area is 158 Å². The third-order valence-corrected chi connectivity index (χ3v) is 4.55. The Hall–Kier alpha value is -2.89. The molecule has 0 radical (unpaired) electrons. The summed E-state index contributed by atoms with van der Waals surface area (Å²) in [5, 5.41) is 2.87. The number of rotatable bonds is 5. The van der Waals surface area contributed by atoms with E-state index >= 15 is 0 Å². The van der Waals surface area contributed by atoms with Gasteiger partial charge in [0.2, 0.25) is 5.91 Å². The molecule has 27 heavy (non-hydrogen) atoms. The summed E-state index contributed by atoms with van der Waals surface area (Å²) >= 11 is 0. The minimum absolute atomic E-state index is 0.0601. The Morgan fingerprint density at radius 3 is 2.59 bits per heavy atom. The van der Waals surface area contributed by atoms with E-state index in [1.807, 2.05) is 38.1 Å². The van der Waals surface area contributed by atoms with Crippen molar-refractivity contribution in [1.29, 1.82) is 0 Å². The number of hydrogen-bond donors (Lipinski definition) is 1. The van der Waals surface area contributed by atoms with Gasteiger partial charge in [0.1, 0.15) is 5.82 Å². The van der Waals surface area contributed by atoms with Gasteiger partial charge in [-0.2, -0.15) is 0 Å². The molecule has 6 heteroatoms. The highest BCUT2D eigenvalue weighted by atomic mass is 19.1. The lowest BCUT2D eigenvalue weighted by molar-refractivity contribution is -0.118. The normalized spacial score (nSPS) is 14.6. The molecule has 0 saturated carbocycles. The van der Waals surface area contributed by atoms with E-state index in [1.54, 1.807) is 21.9 Å². The van der Waals surface area contributed by atoms with Gasteiger partial charge >= 0.3 is 6.03 Å². The Morgan fingerprint density at radius 2 is 1.89 bits per heavy atom. The van der Waals surface area contributed by atoms with Gasteiger partial charge in [-0.25, -0.2) is 9.18 Å². The van der Waals surface area contributed by atoms with Crippen molar-refractivity contribution in [3.05, 3.63) is 59.9 Å². The average molecular weight is 369 g/mol. The molecule has 142 valence electrons. The summed E-state index contributed by atoms with van der Waals surface area (Å²) < 4.78 is 13.1. The van der Waals surface area contributed by atoms with Crippen LogP contribution in [0.25, 0.3) is 0 Å². The van der Waals surface area contributed by atoms with Crippen molar-refractivity contribution in [2.45, 2.75) is 26.8 Å². The van der Waals surface area contributed by atoms with Crippen molar-refractivity contribution < 1.29 is 14.0 Å². The van der Waals surface area contributed by atoms with E-state index in [1.165, 1.54) is 12.1 Å². The van der Waals surface area contributed by atoms with Crippen LogP contribution in [0.5, 0.6) is 0 Å². The van der Waals surface area contributed by atoms with E-state index in [0.29, 0.717) is 25.3 Å². The second-order valence-corrected chi connectivity index (χ2v) is 7.03.